The number of rotatable bonds is 5. The molecule has 1 N–H and O–H groups in total. The Kier molecular flexibility index (Phi) is 5.93. The molecular weight excluding hydrogens is 466 g/mol. The normalized spacial score (nSPS) is 16.4. The van der Waals surface area contributed by atoms with Gasteiger partial charge in [-0.15, -0.1) is 0 Å². The highest BCUT2D eigenvalue weighted by atomic mass is 32.2. The number of aromatic nitrogens is 5. The van der Waals surface area contributed by atoms with E-state index in [4.69, 9.17) is 0 Å². The number of nitrogens with zero attached hydrogens (tertiary/aromatic N) is 6. The molecule has 1 amide bonds. The number of amides is 1. The van der Waals surface area contributed by atoms with Crippen molar-refractivity contribution in [3.8, 4) is 0 Å². The van der Waals surface area contributed by atoms with E-state index in [0.29, 0.717) is 30.1 Å². The van der Waals surface area contributed by atoms with Crippen LogP contribution in [0.3, 0.4) is 0 Å². The van der Waals surface area contributed by atoms with Crippen molar-refractivity contribution in [2.24, 2.45) is 0 Å². The molecule has 4 aromatic rings. The van der Waals surface area contributed by atoms with E-state index < -0.39 is 9.84 Å². The first-order valence-electron chi connectivity index (χ1n) is 11.3. The van der Waals surface area contributed by atoms with Gasteiger partial charge in [-0.2, -0.15) is 5.10 Å². The number of H-pyrrole nitrogens is 1. The molecule has 3 aromatic heterocycles. The van der Waals surface area contributed by atoms with Gasteiger partial charge in [-0.05, 0) is 55.7 Å². The standard InChI is InChI=1S/C24H25N7O3S/c1-16-10-17(12-25-11-16)24(32)30-9-3-4-19(14-30)31(18-5-7-20(8-6-18)35(2,33)34)23-21-13-28-29-22(21)26-15-27-23/h5-8,10-13,15,19H,3-4,9,14H2,1-2H3,(H,26,27,28,29). The average molecular weight is 492 g/mol. The molecule has 35 heavy (non-hydrogen) atoms. The monoisotopic (exact) mass is 491 g/mol. The zero-order chi connectivity index (χ0) is 24.6. The smallest absolute Gasteiger partial charge is 0.255 e. The SMILES string of the molecule is Cc1cncc(C(=O)N2CCCC(N(c3ccc(S(C)(=O)=O)cc3)c3ncnc4[nH]ncc34)C2)c1. The summed E-state index contributed by atoms with van der Waals surface area (Å²) in [7, 11) is -3.33. The maximum Gasteiger partial charge on any atom is 0.255 e. The third-order valence-corrected chi connectivity index (χ3v) is 7.30. The molecule has 1 fully saturated rings. The van der Waals surface area contributed by atoms with Gasteiger partial charge in [0.15, 0.2) is 15.5 Å². The Bertz CT molecular complexity index is 1480. The number of fused-ring (bicyclic) bond motifs is 1. The van der Waals surface area contributed by atoms with Gasteiger partial charge in [-0.1, -0.05) is 0 Å². The van der Waals surface area contributed by atoms with Crippen LogP contribution in [0.2, 0.25) is 0 Å². The van der Waals surface area contributed by atoms with Crippen molar-refractivity contribution in [1.29, 1.82) is 0 Å². The van der Waals surface area contributed by atoms with E-state index in [1.165, 1.54) is 12.6 Å². The zero-order valence-electron chi connectivity index (χ0n) is 19.4. The summed E-state index contributed by atoms with van der Waals surface area (Å²) in [6.45, 7) is 3.04. The quantitative estimate of drug-likeness (QED) is 0.452. The van der Waals surface area contributed by atoms with Crippen molar-refractivity contribution in [2.45, 2.75) is 30.7 Å². The fraction of sp³-hybridized carbons (Fsp3) is 0.292. The molecule has 180 valence electrons. The van der Waals surface area contributed by atoms with Gasteiger partial charge < -0.3 is 9.80 Å². The predicted molar refractivity (Wildman–Crippen MR) is 131 cm³/mol. The highest BCUT2D eigenvalue weighted by molar-refractivity contribution is 7.90. The summed E-state index contributed by atoms with van der Waals surface area (Å²) in [5.41, 5.74) is 2.87. The molecule has 1 atom stereocenters. The van der Waals surface area contributed by atoms with Crippen LogP contribution < -0.4 is 4.90 Å². The highest BCUT2D eigenvalue weighted by Crippen LogP contribution is 2.34. The number of carbonyl (C=O) groups is 1. The van der Waals surface area contributed by atoms with Crippen LogP contribution >= 0.6 is 0 Å². The molecule has 1 saturated heterocycles. The summed E-state index contributed by atoms with van der Waals surface area (Å²) in [4.78, 5) is 30.4. The fourth-order valence-electron chi connectivity index (χ4n) is 4.51. The van der Waals surface area contributed by atoms with Crippen molar-refractivity contribution in [3.63, 3.8) is 0 Å². The van der Waals surface area contributed by atoms with Crippen molar-refractivity contribution in [2.75, 3.05) is 24.2 Å². The molecular formula is C24H25N7O3S. The van der Waals surface area contributed by atoms with E-state index in [1.54, 1.807) is 42.9 Å². The lowest BCUT2D eigenvalue weighted by Gasteiger charge is -2.40. The number of benzene rings is 1. The lowest BCUT2D eigenvalue weighted by atomic mass is 10.0. The summed E-state index contributed by atoms with van der Waals surface area (Å²) in [6, 6.07) is 8.49. The molecule has 4 heterocycles. The number of hydrogen-bond donors (Lipinski definition) is 1. The topological polar surface area (TPSA) is 125 Å². The number of anilines is 2. The highest BCUT2D eigenvalue weighted by Gasteiger charge is 2.31. The molecule has 11 heteroatoms. The average Bonchev–Trinajstić information content (AvgIpc) is 3.34. The molecule has 1 aliphatic rings. The summed E-state index contributed by atoms with van der Waals surface area (Å²) in [5.74, 6) is 0.585. The number of aryl methyl sites for hydroxylation is 1. The Morgan fingerprint density at radius 1 is 1.14 bits per heavy atom. The molecule has 0 aliphatic carbocycles. The number of aromatic amines is 1. The minimum atomic E-state index is -3.33. The van der Waals surface area contributed by atoms with E-state index in [1.807, 2.05) is 17.9 Å². The number of likely N-dealkylation sites (tertiary alicyclic amines) is 1. The van der Waals surface area contributed by atoms with Crippen LogP contribution in [0.25, 0.3) is 11.0 Å². The van der Waals surface area contributed by atoms with Crippen molar-refractivity contribution < 1.29 is 13.2 Å². The van der Waals surface area contributed by atoms with Crippen LogP contribution in [-0.2, 0) is 9.84 Å². The Hall–Kier alpha value is -3.86. The third-order valence-electron chi connectivity index (χ3n) is 6.17. The van der Waals surface area contributed by atoms with E-state index in [2.05, 4.69) is 30.0 Å². The molecule has 0 saturated carbocycles. The number of hydrogen-bond acceptors (Lipinski definition) is 8. The van der Waals surface area contributed by atoms with E-state index >= 15 is 0 Å². The first-order chi connectivity index (χ1) is 16.8. The Labute approximate surface area is 203 Å². The molecule has 0 radical (unpaired) electrons. The Morgan fingerprint density at radius 3 is 2.69 bits per heavy atom. The first-order valence-corrected chi connectivity index (χ1v) is 13.1. The van der Waals surface area contributed by atoms with Crippen molar-refractivity contribution >= 4 is 38.3 Å². The fourth-order valence-corrected chi connectivity index (χ4v) is 5.14. The van der Waals surface area contributed by atoms with Crippen LogP contribution in [0.5, 0.6) is 0 Å². The van der Waals surface area contributed by atoms with Gasteiger partial charge in [-0.3, -0.25) is 14.9 Å². The second-order valence-corrected chi connectivity index (χ2v) is 10.8. The predicted octanol–water partition coefficient (Wildman–Crippen LogP) is 2.90. The maximum atomic E-state index is 13.3. The van der Waals surface area contributed by atoms with Crippen molar-refractivity contribution in [1.82, 2.24) is 30.0 Å². The summed E-state index contributed by atoms with van der Waals surface area (Å²) in [6.07, 6.45) is 9.29. The second-order valence-electron chi connectivity index (χ2n) is 8.76. The van der Waals surface area contributed by atoms with Crippen LogP contribution in [0, 0.1) is 6.92 Å². The third kappa shape index (κ3) is 4.59. The van der Waals surface area contributed by atoms with Gasteiger partial charge in [0.1, 0.15) is 12.1 Å². The Morgan fingerprint density at radius 2 is 1.94 bits per heavy atom. The molecule has 1 aliphatic heterocycles. The minimum Gasteiger partial charge on any atom is -0.337 e. The lowest BCUT2D eigenvalue weighted by Crippen LogP contribution is -2.48. The largest absolute Gasteiger partial charge is 0.337 e. The molecule has 1 aromatic carbocycles. The van der Waals surface area contributed by atoms with E-state index in [0.717, 1.165) is 29.5 Å². The van der Waals surface area contributed by atoms with E-state index in [9.17, 15) is 13.2 Å². The van der Waals surface area contributed by atoms with Gasteiger partial charge >= 0.3 is 0 Å². The number of carbonyl (C=O) groups excluding carboxylic acids is 1. The van der Waals surface area contributed by atoms with Crippen LogP contribution in [-0.4, -0.2) is 69.8 Å². The number of sulfone groups is 1. The van der Waals surface area contributed by atoms with Crippen molar-refractivity contribution in [3.05, 3.63) is 66.4 Å². The lowest BCUT2D eigenvalue weighted by molar-refractivity contribution is 0.0708. The molecule has 0 spiro atoms. The molecule has 5 rings (SSSR count). The maximum absolute atomic E-state index is 13.3. The van der Waals surface area contributed by atoms with Crippen LogP contribution in [0.15, 0.2) is 60.1 Å². The number of nitrogens with one attached hydrogen (secondary N) is 1. The van der Waals surface area contributed by atoms with Crippen LogP contribution in [0.4, 0.5) is 11.5 Å². The summed E-state index contributed by atoms with van der Waals surface area (Å²) < 4.78 is 24.0. The second kappa shape index (κ2) is 9.06. The van der Waals surface area contributed by atoms with Gasteiger partial charge in [-0.25, -0.2) is 18.4 Å². The van der Waals surface area contributed by atoms with E-state index in [-0.39, 0.29) is 16.8 Å². The van der Waals surface area contributed by atoms with Gasteiger partial charge in [0.25, 0.3) is 5.91 Å². The first kappa shape index (κ1) is 22.9. The van der Waals surface area contributed by atoms with Gasteiger partial charge in [0.05, 0.1) is 28.1 Å². The molecule has 1 unspecified atom stereocenters. The van der Waals surface area contributed by atoms with Gasteiger partial charge in [0, 0.05) is 37.4 Å². The molecule has 0 bridgehead atoms. The van der Waals surface area contributed by atoms with Gasteiger partial charge in [0.2, 0.25) is 0 Å². The number of piperidine rings is 1. The molecule has 10 nitrogen and oxygen atoms in total. The Balaban J connectivity index is 1.54. The minimum absolute atomic E-state index is 0.0607. The summed E-state index contributed by atoms with van der Waals surface area (Å²) >= 11 is 0. The number of pyridine rings is 1. The zero-order valence-corrected chi connectivity index (χ0v) is 20.2. The van der Waals surface area contributed by atoms with Crippen LogP contribution in [0.1, 0.15) is 28.8 Å². The summed E-state index contributed by atoms with van der Waals surface area (Å²) in [5, 5.41) is 7.73.